The van der Waals surface area contributed by atoms with E-state index in [2.05, 4.69) is 4.98 Å². The van der Waals surface area contributed by atoms with Crippen LogP contribution in [0.25, 0.3) is 16.0 Å². The predicted molar refractivity (Wildman–Crippen MR) is 139 cm³/mol. The number of aliphatic hydroxyl groups excluding tert-OH is 1. The van der Waals surface area contributed by atoms with E-state index in [1.165, 1.54) is 40.5 Å². The summed E-state index contributed by atoms with van der Waals surface area (Å²) < 4.78 is 31.3. The molecule has 10 heteroatoms. The van der Waals surface area contributed by atoms with Gasteiger partial charge in [0.25, 0.3) is 5.78 Å². The maximum absolute atomic E-state index is 13.8. The van der Waals surface area contributed by atoms with Gasteiger partial charge in [0.2, 0.25) is 0 Å². The minimum absolute atomic E-state index is 0.132. The second-order valence-electron chi connectivity index (χ2n) is 8.64. The number of aliphatic hydroxyl groups is 1. The third-order valence-electron chi connectivity index (χ3n) is 6.31. The average molecular weight is 533 g/mol. The third kappa shape index (κ3) is 4.03. The summed E-state index contributed by atoms with van der Waals surface area (Å²) >= 11 is 1.22. The molecule has 0 saturated carbocycles. The fourth-order valence-electron chi connectivity index (χ4n) is 4.59. The zero-order chi connectivity index (χ0) is 26.4. The van der Waals surface area contributed by atoms with Gasteiger partial charge in [0.1, 0.15) is 30.5 Å². The summed E-state index contributed by atoms with van der Waals surface area (Å²) in [6, 6.07) is 14.6. The number of halogens is 1. The van der Waals surface area contributed by atoms with E-state index in [0.717, 1.165) is 4.70 Å². The molecule has 38 heavy (non-hydrogen) atoms. The Kier molecular flexibility index (Phi) is 5.96. The molecular weight excluding hydrogens is 511 g/mol. The molecule has 3 aromatic carbocycles. The fourth-order valence-corrected chi connectivity index (χ4v) is 5.61. The lowest BCUT2D eigenvalue weighted by Gasteiger charge is -2.23. The van der Waals surface area contributed by atoms with Crippen molar-refractivity contribution in [2.75, 3.05) is 24.7 Å². The van der Waals surface area contributed by atoms with Crippen molar-refractivity contribution < 1.29 is 33.3 Å². The van der Waals surface area contributed by atoms with Crippen molar-refractivity contribution >= 4 is 44.1 Å². The van der Waals surface area contributed by atoms with Crippen LogP contribution in [0.1, 0.15) is 24.1 Å². The first-order valence-corrected chi connectivity index (χ1v) is 12.8. The van der Waals surface area contributed by atoms with Gasteiger partial charge in [0.15, 0.2) is 16.6 Å². The number of fused-ring (bicyclic) bond motifs is 2. The van der Waals surface area contributed by atoms with Gasteiger partial charge in [-0.1, -0.05) is 23.5 Å². The highest BCUT2D eigenvalue weighted by Crippen LogP contribution is 2.45. The summed E-state index contributed by atoms with van der Waals surface area (Å²) in [6.45, 7) is 3.13. The average Bonchev–Trinajstić information content (AvgIpc) is 3.46. The molecule has 0 aliphatic carbocycles. The summed E-state index contributed by atoms with van der Waals surface area (Å²) in [5.41, 5.74) is 1.22. The van der Waals surface area contributed by atoms with E-state index < -0.39 is 23.5 Å². The number of anilines is 1. The zero-order valence-electron chi connectivity index (χ0n) is 20.1. The van der Waals surface area contributed by atoms with Crippen molar-refractivity contribution in [3.63, 3.8) is 0 Å². The van der Waals surface area contributed by atoms with E-state index in [0.29, 0.717) is 48.1 Å². The molecule has 1 aromatic heterocycles. The Labute approximate surface area is 220 Å². The molecule has 0 spiro atoms. The number of amides is 1. The van der Waals surface area contributed by atoms with Gasteiger partial charge in [-0.05, 0) is 61.0 Å². The second-order valence-corrected chi connectivity index (χ2v) is 9.65. The van der Waals surface area contributed by atoms with Gasteiger partial charge in [-0.25, -0.2) is 9.37 Å². The molecule has 2 aliphatic heterocycles. The lowest BCUT2D eigenvalue weighted by molar-refractivity contribution is -0.132. The van der Waals surface area contributed by atoms with Crippen LogP contribution < -0.4 is 19.1 Å². The molecule has 3 heterocycles. The van der Waals surface area contributed by atoms with Crippen molar-refractivity contribution in [2.45, 2.75) is 13.0 Å². The zero-order valence-corrected chi connectivity index (χ0v) is 21.0. The standard InChI is InChI=1S/C28H21FN2O6S/c1-2-35-18-8-9-19-22(14-18)38-28(30-19)31-24(15-3-6-17(29)7-4-15)23(26(33)27(31)34)25(32)16-5-10-20-21(13-16)37-12-11-36-20/h3-10,13-14,24,32H,2,11-12H2,1H3/t24-/m0/s1. The number of benzene rings is 3. The SMILES string of the molecule is CCOc1ccc2nc(N3C(=O)C(=O)C(=C(O)c4ccc5c(c4)OCCO5)[C@@H]3c3ccc(F)cc3)sc2c1. The van der Waals surface area contributed by atoms with Crippen molar-refractivity contribution in [3.8, 4) is 17.2 Å². The van der Waals surface area contributed by atoms with E-state index in [1.54, 1.807) is 30.3 Å². The lowest BCUT2D eigenvalue weighted by Crippen LogP contribution is -2.29. The summed E-state index contributed by atoms with van der Waals surface area (Å²) in [7, 11) is 0. The molecular formula is C28H21FN2O6S. The Morgan fingerprint density at radius 2 is 1.84 bits per heavy atom. The summed E-state index contributed by atoms with van der Waals surface area (Å²) in [5.74, 6) is -0.972. The molecule has 192 valence electrons. The molecule has 6 rings (SSSR count). The van der Waals surface area contributed by atoms with Crippen LogP contribution in [0.15, 0.2) is 66.2 Å². The smallest absolute Gasteiger partial charge is 0.301 e. The van der Waals surface area contributed by atoms with Crippen molar-refractivity contribution in [1.29, 1.82) is 0 Å². The minimum Gasteiger partial charge on any atom is -0.507 e. The first kappa shape index (κ1) is 23.9. The highest BCUT2D eigenvalue weighted by Gasteiger charge is 2.48. The number of rotatable bonds is 5. The number of carbonyl (C=O) groups is 2. The molecule has 4 aromatic rings. The topological polar surface area (TPSA) is 98.2 Å². The Balaban J connectivity index is 1.51. The normalized spacial score (nSPS) is 18.3. The van der Waals surface area contributed by atoms with E-state index in [4.69, 9.17) is 14.2 Å². The van der Waals surface area contributed by atoms with E-state index in [9.17, 15) is 19.1 Å². The Hall–Kier alpha value is -4.44. The number of Topliss-reactive ketones (excluding diaryl/α,β-unsaturated/α-hetero) is 1. The van der Waals surface area contributed by atoms with Crippen LogP contribution in [-0.2, 0) is 9.59 Å². The van der Waals surface area contributed by atoms with Crippen molar-refractivity contribution in [2.24, 2.45) is 0 Å². The van der Waals surface area contributed by atoms with Gasteiger partial charge < -0.3 is 19.3 Å². The highest BCUT2D eigenvalue weighted by molar-refractivity contribution is 7.22. The van der Waals surface area contributed by atoms with Crippen LogP contribution in [0.3, 0.4) is 0 Å². The van der Waals surface area contributed by atoms with Gasteiger partial charge in [0, 0.05) is 5.56 Å². The number of ketones is 1. The van der Waals surface area contributed by atoms with E-state index in [-0.39, 0.29) is 22.0 Å². The summed E-state index contributed by atoms with van der Waals surface area (Å²) in [5, 5.41) is 11.6. The number of hydrogen-bond donors (Lipinski definition) is 1. The molecule has 1 saturated heterocycles. The number of nitrogens with zero attached hydrogens (tertiary/aromatic N) is 2. The van der Waals surface area contributed by atoms with E-state index in [1.807, 2.05) is 13.0 Å². The fraction of sp³-hybridized carbons (Fsp3) is 0.179. The first-order valence-electron chi connectivity index (χ1n) is 11.9. The molecule has 8 nitrogen and oxygen atoms in total. The van der Waals surface area contributed by atoms with Crippen LogP contribution in [0.5, 0.6) is 17.2 Å². The molecule has 1 amide bonds. The van der Waals surface area contributed by atoms with E-state index >= 15 is 0 Å². The largest absolute Gasteiger partial charge is 0.507 e. The molecule has 1 atom stereocenters. The van der Waals surface area contributed by atoms with Gasteiger partial charge >= 0.3 is 5.91 Å². The molecule has 0 unspecified atom stereocenters. The minimum atomic E-state index is -1.03. The van der Waals surface area contributed by atoms with Crippen molar-refractivity contribution in [1.82, 2.24) is 4.98 Å². The maximum atomic E-state index is 13.8. The number of hydrogen-bond acceptors (Lipinski definition) is 8. The van der Waals surface area contributed by atoms with Crippen LogP contribution in [0.2, 0.25) is 0 Å². The monoisotopic (exact) mass is 532 g/mol. The Bertz CT molecular complexity index is 1610. The second kappa shape index (κ2) is 9.46. The molecule has 0 bridgehead atoms. The van der Waals surface area contributed by atoms with Crippen LogP contribution in [0, 0.1) is 5.82 Å². The van der Waals surface area contributed by atoms with Gasteiger partial charge in [-0.15, -0.1) is 0 Å². The number of carbonyl (C=O) groups excluding carboxylic acids is 2. The molecule has 2 aliphatic rings. The van der Waals surface area contributed by atoms with Crippen LogP contribution >= 0.6 is 11.3 Å². The Morgan fingerprint density at radius 1 is 1.08 bits per heavy atom. The molecule has 1 fully saturated rings. The lowest BCUT2D eigenvalue weighted by atomic mass is 9.95. The van der Waals surface area contributed by atoms with Crippen LogP contribution in [0.4, 0.5) is 9.52 Å². The van der Waals surface area contributed by atoms with Gasteiger partial charge in [-0.3, -0.25) is 14.5 Å². The number of ether oxygens (including phenoxy) is 3. The number of thiazole rings is 1. The van der Waals surface area contributed by atoms with Gasteiger partial charge in [-0.2, -0.15) is 0 Å². The maximum Gasteiger partial charge on any atom is 0.301 e. The molecule has 0 radical (unpaired) electrons. The highest BCUT2D eigenvalue weighted by atomic mass is 32.1. The van der Waals surface area contributed by atoms with Crippen molar-refractivity contribution in [3.05, 3.63) is 83.2 Å². The van der Waals surface area contributed by atoms with Gasteiger partial charge in [0.05, 0.1) is 28.4 Å². The van der Waals surface area contributed by atoms with Crippen LogP contribution in [-0.4, -0.2) is 41.6 Å². The first-order chi connectivity index (χ1) is 18.4. The third-order valence-corrected chi connectivity index (χ3v) is 7.33. The summed E-state index contributed by atoms with van der Waals surface area (Å²) in [6.07, 6.45) is 0. The quantitative estimate of drug-likeness (QED) is 0.213. The summed E-state index contributed by atoms with van der Waals surface area (Å²) in [4.78, 5) is 32.7. The molecule has 1 N–H and O–H groups in total. The predicted octanol–water partition coefficient (Wildman–Crippen LogP) is 5.23. The Morgan fingerprint density at radius 3 is 2.61 bits per heavy atom. The number of aromatic nitrogens is 1.